The van der Waals surface area contributed by atoms with Crippen LogP contribution in [0.2, 0.25) is 0 Å². The fourth-order valence-corrected chi connectivity index (χ4v) is 3.27. The summed E-state index contributed by atoms with van der Waals surface area (Å²) < 4.78 is 57.2. The second-order valence-electron chi connectivity index (χ2n) is 5.82. The molecule has 0 fully saturated rings. The monoisotopic (exact) mass is 376 g/mol. The van der Waals surface area contributed by atoms with Crippen molar-refractivity contribution < 1.29 is 21.6 Å². The number of rotatable bonds is 3. The van der Waals surface area contributed by atoms with Crippen LogP contribution in [0.1, 0.15) is 5.76 Å². The molecule has 0 aliphatic carbocycles. The van der Waals surface area contributed by atoms with Crippen LogP contribution in [0.15, 0.2) is 62.6 Å². The summed E-state index contributed by atoms with van der Waals surface area (Å²) in [4.78, 5) is 12.6. The molecule has 0 saturated heterocycles. The zero-order chi connectivity index (χ0) is 19.1. The van der Waals surface area contributed by atoms with Gasteiger partial charge in [0.25, 0.3) is 0 Å². The summed E-state index contributed by atoms with van der Waals surface area (Å²) in [6.07, 6.45) is 1.06. The summed E-state index contributed by atoms with van der Waals surface area (Å²) in [5.74, 6) is -1.55. The van der Waals surface area contributed by atoms with Crippen molar-refractivity contribution in [1.29, 1.82) is 0 Å². The van der Waals surface area contributed by atoms with E-state index in [0.29, 0.717) is 5.56 Å². The van der Waals surface area contributed by atoms with Crippen molar-refractivity contribution in [1.82, 2.24) is 0 Å². The smallest absolute Gasteiger partial charge is 0.193 e. The molecule has 0 saturated carbocycles. The molecule has 0 amide bonds. The lowest BCUT2D eigenvalue weighted by molar-refractivity contribution is 0.528. The minimum absolute atomic E-state index is 0.0287. The maximum Gasteiger partial charge on any atom is 0.193 e. The SMILES string of the molecule is Cc1cc(=O)c(-c2c(F)cccc2F)c(-c2ccc(S(C)(=O)=O)cc2)o1. The zero-order valence-corrected chi connectivity index (χ0v) is 14.7. The molecule has 0 bridgehead atoms. The zero-order valence-electron chi connectivity index (χ0n) is 13.9. The van der Waals surface area contributed by atoms with E-state index >= 15 is 0 Å². The lowest BCUT2D eigenvalue weighted by atomic mass is 9.99. The maximum absolute atomic E-state index is 14.2. The van der Waals surface area contributed by atoms with Crippen LogP contribution >= 0.6 is 0 Å². The molecule has 1 aromatic heterocycles. The Morgan fingerprint density at radius 1 is 0.923 bits per heavy atom. The number of benzene rings is 2. The first-order valence-corrected chi connectivity index (χ1v) is 9.47. The van der Waals surface area contributed by atoms with Crippen molar-refractivity contribution in [3.8, 4) is 22.5 Å². The normalized spacial score (nSPS) is 11.5. The Morgan fingerprint density at radius 2 is 1.50 bits per heavy atom. The van der Waals surface area contributed by atoms with Crippen LogP contribution in [0.3, 0.4) is 0 Å². The average Bonchev–Trinajstić information content (AvgIpc) is 2.55. The van der Waals surface area contributed by atoms with Gasteiger partial charge in [-0.15, -0.1) is 0 Å². The summed E-state index contributed by atoms with van der Waals surface area (Å²) in [6, 6.07) is 9.98. The fourth-order valence-electron chi connectivity index (χ4n) is 2.64. The van der Waals surface area contributed by atoms with Gasteiger partial charge in [-0.2, -0.15) is 0 Å². The van der Waals surface area contributed by atoms with Crippen LogP contribution in [0, 0.1) is 18.6 Å². The summed E-state index contributed by atoms with van der Waals surface area (Å²) >= 11 is 0. The van der Waals surface area contributed by atoms with Crippen molar-refractivity contribution >= 4 is 9.84 Å². The van der Waals surface area contributed by atoms with Gasteiger partial charge in [0.2, 0.25) is 0 Å². The Balaban J connectivity index is 2.31. The minimum Gasteiger partial charge on any atom is -0.460 e. The molecule has 0 N–H and O–H groups in total. The number of sulfone groups is 1. The second kappa shape index (κ2) is 6.49. The first-order valence-electron chi connectivity index (χ1n) is 7.58. The Bertz CT molecular complexity index is 1130. The lowest BCUT2D eigenvalue weighted by Crippen LogP contribution is -2.09. The summed E-state index contributed by atoms with van der Waals surface area (Å²) in [6.45, 7) is 1.54. The highest BCUT2D eigenvalue weighted by atomic mass is 32.2. The predicted molar refractivity (Wildman–Crippen MR) is 93.6 cm³/mol. The van der Waals surface area contributed by atoms with E-state index in [4.69, 9.17) is 4.42 Å². The molecule has 4 nitrogen and oxygen atoms in total. The molecule has 0 spiro atoms. The van der Waals surface area contributed by atoms with Gasteiger partial charge in [-0.05, 0) is 43.3 Å². The first kappa shape index (κ1) is 18.0. The Hall–Kier alpha value is -2.80. The predicted octanol–water partition coefficient (Wildman–Crippen LogP) is 3.96. The third kappa shape index (κ3) is 3.30. The molecule has 3 aromatic rings. The molecule has 134 valence electrons. The van der Waals surface area contributed by atoms with E-state index in [1.807, 2.05) is 0 Å². The quantitative estimate of drug-likeness (QED) is 0.694. The molecule has 3 rings (SSSR count). The third-order valence-corrected chi connectivity index (χ3v) is 4.96. The Morgan fingerprint density at radius 3 is 2.04 bits per heavy atom. The highest BCUT2D eigenvalue weighted by Gasteiger charge is 2.22. The van der Waals surface area contributed by atoms with Crippen LogP contribution in [-0.2, 0) is 9.84 Å². The van der Waals surface area contributed by atoms with E-state index in [1.54, 1.807) is 0 Å². The van der Waals surface area contributed by atoms with Crippen molar-refractivity contribution in [2.24, 2.45) is 0 Å². The Labute approximate surface area is 148 Å². The molecule has 2 aromatic carbocycles. The second-order valence-corrected chi connectivity index (χ2v) is 7.83. The molecular formula is C19H14F2O4S. The molecule has 0 aliphatic rings. The largest absolute Gasteiger partial charge is 0.460 e. The van der Waals surface area contributed by atoms with Crippen LogP contribution in [0.4, 0.5) is 8.78 Å². The standard InChI is InChI=1S/C19H14F2O4S/c1-11-10-16(22)18(17-14(20)4-3-5-15(17)21)19(25-11)12-6-8-13(9-7-12)26(2,23)24/h3-10H,1-2H3. The Kier molecular flexibility index (Phi) is 4.50. The van der Waals surface area contributed by atoms with Crippen LogP contribution in [0.5, 0.6) is 0 Å². The minimum atomic E-state index is -3.41. The van der Waals surface area contributed by atoms with E-state index in [0.717, 1.165) is 24.5 Å². The summed E-state index contributed by atoms with van der Waals surface area (Å²) in [5, 5.41) is 0. The topological polar surface area (TPSA) is 64.3 Å². The average molecular weight is 376 g/mol. The van der Waals surface area contributed by atoms with Gasteiger partial charge in [-0.25, -0.2) is 17.2 Å². The van der Waals surface area contributed by atoms with Gasteiger partial charge in [-0.1, -0.05) is 6.07 Å². The van der Waals surface area contributed by atoms with Crippen molar-refractivity contribution in [3.63, 3.8) is 0 Å². The number of halogens is 2. The van der Waals surface area contributed by atoms with Crippen molar-refractivity contribution in [2.45, 2.75) is 11.8 Å². The van der Waals surface area contributed by atoms with Gasteiger partial charge < -0.3 is 4.42 Å². The summed E-state index contributed by atoms with van der Waals surface area (Å²) in [7, 11) is -3.41. The van der Waals surface area contributed by atoms with E-state index in [9.17, 15) is 22.0 Å². The first-order chi connectivity index (χ1) is 12.2. The van der Waals surface area contributed by atoms with Gasteiger partial charge in [0, 0.05) is 17.9 Å². The lowest BCUT2D eigenvalue weighted by Gasteiger charge is -2.11. The van der Waals surface area contributed by atoms with Crippen LogP contribution < -0.4 is 5.43 Å². The van der Waals surface area contributed by atoms with Gasteiger partial charge in [0.15, 0.2) is 15.3 Å². The van der Waals surface area contributed by atoms with Gasteiger partial charge >= 0.3 is 0 Å². The van der Waals surface area contributed by atoms with E-state index < -0.39 is 32.5 Å². The third-order valence-electron chi connectivity index (χ3n) is 3.83. The highest BCUT2D eigenvalue weighted by Crippen LogP contribution is 2.33. The summed E-state index contributed by atoms with van der Waals surface area (Å²) in [5.41, 5.74) is -1.00. The molecular weight excluding hydrogens is 362 g/mol. The van der Waals surface area contributed by atoms with Gasteiger partial charge in [-0.3, -0.25) is 4.79 Å². The van der Waals surface area contributed by atoms with E-state index in [2.05, 4.69) is 0 Å². The number of hydrogen-bond donors (Lipinski definition) is 0. The fraction of sp³-hybridized carbons (Fsp3) is 0.105. The van der Waals surface area contributed by atoms with Crippen LogP contribution in [0.25, 0.3) is 22.5 Å². The number of hydrogen-bond acceptors (Lipinski definition) is 4. The molecule has 0 unspecified atom stereocenters. The van der Waals surface area contributed by atoms with E-state index in [-0.39, 0.29) is 22.0 Å². The number of aryl methyl sites for hydroxylation is 1. The van der Waals surface area contributed by atoms with Gasteiger partial charge in [0.05, 0.1) is 16.0 Å². The molecule has 26 heavy (non-hydrogen) atoms. The molecule has 7 heteroatoms. The molecule has 0 radical (unpaired) electrons. The highest BCUT2D eigenvalue weighted by molar-refractivity contribution is 7.90. The molecule has 0 atom stereocenters. The van der Waals surface area contributed by atoms with E-state index in [1.165, 1.54) is 37.3 Å². The van der Waals surface area contributed by atoms with Gasteiger partial charge in [0.1, 0.15) is 23.2 Å². The van der Waals surface area contributed by atoms with Crippen molar-refractivity contribution in [3.05, 3.63) is 76.1 Å². The van der Waals surface area contributed by atoms with Crippen LogP contribution in [-0.4, -0.2) is 14.7 Å². The van der Waals surface area contributed by atoms with Crippen molar-refractivity contribution in [2.75, 3.05) is 6.26 Å². The maximum atomic E-state index is 14.2. The molecule has 0 aliphatic heterocycles. The molecule has 1 heterocycles.